The van der Waals surface area contributed by atoms with Crippen molar-refractivity contribution in [2.75, 3.05) is 17.7 Å². The normalized spacial score (nSPS) is 22.6. The summed E-state index contributed by atoms with van der Waals surface area (Å²) in [4.78, 5) is 26.0. The molecule has 0 aromatic heterocycles. The van der Waals surface area contributed by atoms with Crippen LogP contribution in [-0.4, -0.2) is 25.0 Å². The highest BCUT2D eigenvalue weighted by atomic mass is 16.5. The van der Waals surface area contributed by atoms with Gasteiger partial charge in [-0.15, -0.1) is 0 Å². The molecule has 6 heteroatoms. The molecule has 2 aliphatic rings. The molecule has 1 heterocycles. The molecule has 0 amide bonds. The monoisotopic (exact) mass is 420 g/mol. The number of hydrogen-bond donors (Lipinski definition) is 2. The number of hydrogen-bond acceptors (Lipinski definition) is 6. The number of esters is 1. The highest BCUT2D eigenvalue weighted by Crippen LogP contribution is 2.43. The Morgan fingerprint density at radius 2 is 1.74 bits per heavy atom. The lowest BCUT2D eigenvalue weighted by atomic mass is 9.75. The molecule has 6 nitrogen and oxygen atoms in total. The van der Waals surface area contributed by atoms with E-state index in [1.807, 2.05) is 69.3 Å². The number of carbonyl (C=O) groups is 2. The number of benzene rings is 2. The zero-order chi connectivity index (χ0) is 22.1. The predicted molar refractivity (Wildman–Crippen MR) is 120 cm³/mol. The Labute approximate surface area is 182 Å². The predicted octanol–water partition coefficient (Wildman–Crippen LogP) is 4.70. The van der Waals surface area contributed by atoms with Gasteiger partial charge in [-0.1, -0.05) is 31.2 Å². The van der Waals surface area contributed by atoms with Crippen LogP contribution in [0.15, 0.2) is 59.8 Å². The van der Waals surface area contributed by atoms with Crippen LogP contribution in [0.3, 0.4) is 0 Å². The molecule has 3 atom stereocenters. The third kappa shape index (κ3) is 4.02. The summed E-state index contributed by atoms with van der Waals surface area (Å²) in [6, 6.07) is 15.2. The number of para-hydroxylation sites is 2. The minimum absolute atomic E-state index is 0.0782. The van der Waals surface area contributed by atoms with Gasteiger partial charge in [0.1, 0.15) is 11.7 Å². The van der Waals surface area contributed by atoms with Gasteiger partial charge in [0.05, 0.1) is 30.6 Å². The summed E-state index contributed by atoms with van der Waals surface area (Å²) in [5.41, 5.74) is 4.17. The van der Waals surface area contributed by atoms with Crippen LogP contribution in [-0.2, 0) is 14.3 Å². The first-order chi connectivity index (χ1) is 14.9. The summed E-state index contributed by atoms with van der Waals surface area (Å²) in [5, 5.41) is 6.98. The number of carbonyl (C=O) groups excluding carboxylic acids is 2. The summed E-state index contributed by atoms with van der Waals surface area (Å²) in [6.07, 6.45) is 0.663. The highest BCUT2D eigenvalue weighted by molar-refractivity contribution is 6.11. The minimum Gasteiger partial charge on any atom is -0.491 e. The van der Waals surface area contributed by atoms with E-state index in [0.29, 0.717) is 12.0 Å². The van der Waals surface area contributed by atoms with E-state index in [1.165, 1.54) is 7.11 Å². The number of allylic oxidation sites excluding steroid dienone is 1. The van der Waals surface area contributed by atoms with Crippen LogP contribution in [0, 0.1) is 11.8 Å². The van der Waals surface area contributed by atoms with Gasteiger partial charge in [0.2, 0.25) is 0 Å². The van der Waals surface area contributed by atoms with Crippen molar-refractivity contribution < 1.29 is 19.1 Å². The van der Waals surface area contributed by atoms with Gasteiger partial charge >= 0.3 is 5.97 Å². The standard InChI is InChI=1S/C25H28N2O4/c1-14(2)31-17-11-9-16(10-12-17)23-22-20(26-18-7-5-6-8-19(18)27-23)13-15(3)21(24(22)28)25(29)30-4/h5-12,14-15,21,23,26-27H,13H2,1-4H3/t15-,21+,23-/m1/s1. The average molecular weight is 421 g/mol. The molecule has 4 rings (SSSR count). The summed E-state index contributed by atoms with van der Waals surface area (Å²) >= 11 is 0. The lowest BCUT2D eigenvalue weighted by Crippen LogP contribution is -2.39. The van der Waals surface area contributed by atoms with Gasteiger partial charge in [-0.05, 0) is 56.0 Å². The fourth-order valence-corrected chi connectivity index (χ4v) is 4.39. The smallest absolute Gasteiger partial charge is 0.316 e. The van der Waals surface area contributed by atoms with Crippen molar-refractivity contribution in [1.82, 2.24) is 0 Å². The van der Waals surface area contributed by atoms with E-state index in [2.05, 4.69) is 10.6 Å². The molecule has 0 spiro atoms. The number of ether oxygens (including phenoxy) is 2. The van der Waals surface area contributed by atoms with Gasteiger partial charge in [-0.25, -0.2) is 0 Å². The Bertz CT molecular complexity index is 1030. The van der Waals surface area contributed by atoms with Gasteiger partial charge in [-0.3, -0.25) is 9.59 Å². The number of anilines is 2. The first kappa shape index (κ1) is 21.0. The van der Waals surface area contributed by atoms with E-state index < -0.39 is 17.9 Å². The van der Waals surface area contributed by atoms with Crippen LogP contribution < -0.4 is 15.4 Å². The van der Waals surface area contributed by atoms with Gasteiger partial charge in [-0.2, -0.15) is 0 Å². The maximum absolute atomic E-state index is 13.6. The highest BCUT2D eigenvalue weighted by Gasteiger charge is 2.44. The average Bonchev–Trinajstić information content (AvgIpc) is 2.90. The quantitative estimate of drug-likeness (QED) is 0.551. The van der Waals surface area contributed by atoms with Crippen molar-refractivity contribution in [1.29, 1.82) is 0 Å². The Morgan fingerprint density at radius 1 is 1.06 bits per heavy atom. The molecule has 2 aromatic carbocycles. The number of methoxy groups -OCH3 is 1. The van der Waals surface area contributed by atoms with E-state index in [0.717, 1.165) is 28.4 Å². The Balaban J connectivity index is 1.80. The number of rotatable bonds is 4. The van der Waals surface area contributed by atoms with Crippen molar-refractivity contribution in [3.8, 4) is 5.75 Å². The van der Waals surface area contributed by atoms with E-state index >= 15 is 0 Å². The summed E-state index contributed by atoms with van der Waals surface area (Å²) in [6.45, 7) is 5.88. The summed E-state index contributed by atoms with van der Waals surface area (Å²) in [5.74, 6) is -0.860. The third-order valence-corrected chi connectivity index (χ3v) is 5.81. The maximum atomic E-state index is 13.6. The molecular formula is C25H28N2O4. The first-order valence-electron chi connectivity index (χ1n) is 10.6. The van der Waals surface area contributed by atoms with Gasteiger partial charge in [0, 0.05) is 11.3 Å². The summed E-state index contributed by atoms with van der Waals surface area (Å²) in [7, 11) is 1.33. The molecule has 0 saturated carbocycles. The molecule has 162 valence electrons. The second-order valence-electron chi connectivity index (χ2n) is 8.42. The zero-order valence-electron chi connectivity index (χ0n) is 18.3. The fraction of sp³-hybridized carbons (Fsp3) is 0.360. The van der Waals surface area contributed by atoms with E-state index in [4.69, 9.17) is 9.47 Å². The SMILES string of the molecule is COC(=O)[C@@H]1C(=O)C2=C(C[C@H]1C)Nc1ccccc1N[C@@H]2c1ccc(OC(C)C)cc1. The number of Topliss-reactive ketones (excluding diaryl/α,β-unsaturated/α-hetero) is 1. The number of nitrogens with one attached hydrogen (secondary N) is 2. The topological polar surface area (TPSA) is 76.7 Å². The Kier molecular flexibility index (Phi) is 5.72. The number of fused-ring (bicyclic) bond motifs is 1. The molecule has 0 radical (unpaired) electrons. The molecule has 0 bridgehead atoms. The third-order valence-electron chi connectivity index (χ3n) is 5.81. The molecule has 0 fully saturated rings. The van der Waals surface area contributed by atoms with Crippen LogP contribution in [0.25, 0.3) is 0 Å². The van der Waals surface area contributed by atoms with Crippen molar-refractivity contribution in [2.45, 2.75) is 39.3 Å². The molecule has 1 aliphatic carbocycles. The van der Waals surface area contributed by atoms with Gasteiger partial charge < -0.3 is 20.1 Å². The van der Waals surface area contributed by atoms with Crippen molar-refractivity contribution in [3.05, 3.63) is 65.4 Å². The maximum Gasteiger partial charge on any atom is 0.316 e. The van der Waals surface area contributed by atoms with Crippen LogP contribution in [0.1, 0.15) is 38.8 Å². The molecule has 0 unspecified atom stereocenters. The molecule has 31 heavy (non-hydrogen) atoms. The van der Waals surface area contributed by atoms with Crippen molar-refractivity contribution in [2.24, 2.45) is 11.8 Å². The molecular weight excluding hydrogens is 392 g/mol. The molecule has 1 aliphatic heterocycles. The van der Waals surface area contributed by atoms with Crippen LogP contribution in [0.5, 0.6) is 5.75 Å². The minimum atomic E-state index is -0.806. The van der Waals surface area contributed by atoms with Gasteiger partial charge in [0.25, 0.3) is 0 Å². The fourth-order valence-electron chi connectivity index (χ4n) is 4.39. The second-order valence-corrected chi connectivity index (χ2v) is 8.42. The van der Waals surface area contributed by atoms with Crippen LogP contribution >= 0.6 is 0 Å². The Morgan fingerprint density at radius 3 is 2.39 bits per heavy atom. The Hall–Kier alpha value is -3.28. The van der Waals surface area contributed by atoms with Crippen molar-refractivity contribution >= 4 is 23.1 Å². The van der Waals surface area contributed by atoms with E-state index in [1.54, 1.807) is 0 Å². The van der Waals surface area contributed by atoms with Crippen LogP contribution in [0.4, 0.5) is 11.4 Å². The molecule has 2 aromatic rings. The lowest BCUT2D eigenvalue weighted by molar-refractivity contribution is -0.151. The van der Waals surface area contributed by atoms with Crippen molar-refractivity contribution in [3.63, 3.8) is 0 Å². The first-order valence-corrected chi connectivity index (χ1v) is 10.6. The van der Waals surface area contributed by atoms with E-state index in [-0.39, 0.29) is 17.8 Å². The number of ketones is 1. The van der Waals surface area contributed by atoms with E-state index in [9.17, 15) is 9.59 Å². The second kappa shape index (κ2) is 8.46. The summed E-state index contributed by atoms with van der Waals surface area (Å²) < 4.78 is 10.7. The molecule has 0 saturated heterocycles. The lowest BCUT2D eigenvalue weighted by Gasteiger charge is -2.32. The zero-order valence-corrected chi connectivity index (χ0v) is 18.3. The van der Waals surface area contributed by atoms with Gasteiger partial charge in [0.15, 0.2) is 5.78 Å². The van der Waals surface area contributed by atoms with Crippen LogP contribution in [0.2, 0.25) is 0 Å². The molecule has 2 N–H and O–H groups in total. The largest absolute Gasteiger partial charge is 0.491 e.